The summed E-state index contributed by atoms with van der Waals surface area (Å²) in [5.41, 5.74) is 5.85. The average molecular weight is 254 g/mol. The minimum Gasteiger partial charge on any atom is -0.347 e. The second-order valence-electron chi connectivity index (χ2n) is 4.64. The lowest BCUT2D eigenvalue weighted by atomic mass is 10.0. The molecule has 1 rings (SSSR count). The molecule has 0 aliphatic rings. The molecule has 1 amide bonds. The third-order valence-corrected chi connectivity index (χ3v) is 3.79. The van der Waals surface area contributed by atoms with Crippen molar-refractivity contribution >= 4 is 17.2 Å². The Balaban J connectivity index is 2.65. The first-order valence-electron chi connectivity index (χ1n) is 6.15. The summed E-state index contributed by atoms with van der Waals surface area (Å²) < 4.78 is 0. The van der Waals surface area contributed by atoms with E-state index >= 15 is 0 Å². The minimum absolute atomic E-state index is 0.0492. The van der Waals surface area contributed by atoms with Crippen LogP contribution >= 0.6 is 11.3 Å². The molecule has 0 fully saturated rings. The number of carbonyl (C=O) groups is 1. The van der Waals surface area contributed by atoms with Crippen LogP contribution in [0.4, 0.5) is 0 Å². The summed E-state index contributed by atoms with van der Waals surface area (Å²) >= 11 is 1.68. The van der Waals surface area contributed by atoms with Crippen molar-refractivity contribution in [1.29, 1.82) is 0 Å². The normalized spacial score (nSPS) is 14.6. The second kappa shape index (κ2) is 6.77. The summed E-state index contributed by atoms with van der Waals surface area (Å²) in [4.78, 5) is 13.1. The molecule has 0 aliphatic carbocycles. The SMILES string of the molecule is CCCC(NC(=O)C(N)C(C)C)c1cccs1. The fraction of sp³-hybridized carbons (Fsp3) is 0.615. The number of hydrogen-bond acceptors (Lipinski definition) is 3. The van der Waals surface area contributed by atoms with Crippen molar-refractivity contribution in [1.82, 2.24) is 5.32 Å². The van der Waals surface area contributed by atoms with E-state index in [0.717, 1.165) is 12.8 Å². The van der Waals surface area contributed by atoms with Crippen molar-refractivity contribution in [3.8, 4) is 0 Å². The zero-order chi connectivity index (χ0) is 12.8. The molecule has 3 N–H and O–H groups in total. The van der Waals surface area contributed by atoms with E-state index in [0.29, 0.717) is 0 Å². The summed E-state index contributed by atoms with van der Waals surface area (Å²) in [5.74, 6) is 0.118. The number of amides is 1. The summed E-state index contributed by atoms with van der Waals surface area (Å²) in [7, 11) is 0. The van der Waals surface area contributed by atoms with E-state index in [2.05, 4.69) is 18.3 Å². The van der Waals surface area contributed by atoms with Gasteiger partial charge in [-0.3, -0.25) is 4.79 Å². The van der Waals surface area contributed by atoms with Gasteiger partial charge in [-0.25, -0.2) is 0 Å². The van der Waals surface area contributed by atoms with Gasteiger partial charge in [-0.05, 0) is 23.8 Å². The van der Waals surface area contributed by atoms with Crippen molar-refractivity contribution in [2.45, 2.75) is 45.7 Å². The standard InChI is InChI=1S/C13H22N2OS/c1-4-6-10(11-7-5-8-17-11)15-13(16)12(14)9(2)3/h5,7-10,12H,4,6,14H2,1-3H3,(H,15,16). The van der Waals surface area contributed by atoms with Gasteiger partial charge in [-0.2, -0.15) is 0 Å². The molecule has 3 nitrogen and oxygen atoms in total. The van der Waals surface area contributed by atoms with Gasteiger partial charge in [0.2, 0.25) is 5.91 Å². The molecule has 0 aromatic carbocycles. The smallest absolute Gasteiger partial charge is 0.237 e. The maximum Gasteiger partial charge on any atom is 0.237 e. The van der Waals surface area contributed by atoms with Crippen LogP contribution in [-0.2, 0) is 4.79 Å². The summed E-state index contributed by atoms with van der Waals surface area (Å²) in [6.45, 7) is 6.05. The maximum atomic E-state index is 11.9. The Kier molecular flexibility index (Phi) is 5.65. The van der Waals surface area contributed by atoms with Gasteiger partial charge in [0.05, 0.1) is 12.1 Å². The fourth-order valence-corrected chi connectivity index (χ4v) is 2.45. The molecular weight excluding hydrogens is 232 g/mol. The Morgan fingerprint density at radius 1 is 1.53 bits per heavy atom. The monoisotopic (exact) mass is 254 g/mol. The first-order valence-corrected chi connectivity index (χ1v) is 7.03. The van der Waals surface area contributed by atoms with Crippen LogP contribution in [0.3, 0.4) is 0 Å². The molecule has 0 saturated heterocycles. The molecule has 1 aromatic heterocycles. The highest BCUT2D eigenvalue weighted by atomic mass is 32.1. The summed E-state index contributed by atoms with van der Waals surface area (Å²) in [5, 5.41) is 5.08. The van der Waals surface area contributed by atoms with Gasteiger partial charge < -0.3 is 11.1 Å². The Bertz CT molecular complexity index is 335. The molecule has 0 bridgehead atoms. The van der Waals surface area contributed by atoms with Crippen LogP contribution in [0.2, 0.25) is 0 Å². The molecule has 96 valence electrons. The van der Waals surface area contributed by atoms with Gasteiger partial charge in [0.25, 0.3) is 0 Å². The van der Waals surface area contributed by atoms with Crippen LogP contribution in [0.5, 0.6) is 0 Å². The molecule has 2 unspecified atom stereocenters. The van der Waals surface area contributed by atoms with Crippen LogP contribution in [0.1, 0.15) is 44.5 Å². The van der Waals surface area contributed by atoms with Gasteiger partial charge in [-0.1, -0.05) is 33.3 Å². The lowest BCUT2D eigenvalue weighted by Gasteiger charge is -2.21. The van der Waals surface area contributed by atoms with E-state index in [1.165, 1.54) is 4.88 Å². The van der Waals surface area contributed by atoms with E-state index < -0.39 is 6.04 Å². The predicted molar refractivity (Wildman–Crippen MR) is 72.9 cm³/mol. The Morgan fingerprint density at radius 3 is 2.71 bits per heavy atom. The molecule has 2 atom stereocenters. The Hall–Kier alpha value is -0.870. The number of thiophene rings is 1. The third-order valence-electron chi connectivity index (χ3n) is 2.80. The topological polar surface area (TPSA) is 55.1 Å². The van der Waals surface area contributed by atoms with Gasteiger partial charge in [0.1, 0.15) is 0 Å². The average Bonchev–Trinajstić information content (AvgIpc) is 2.80. The van der Waals surface area contributed by atoms with Crippen LogP contribution in [0.25, 0.3) is 0 Å². The zero-order valence-corrected chi connectivity index (χ0v) is 11.6. The highest BCUT2D eigenvalue weighted by Crippen LogP contribution is 2.23. The number of nitrogens with one attached hydrogen (secondary N) is 1. The van der Waals surface area contributed by atoms with Gasteiger partial charge in [0.15, 0.2) is 0 Å². The van der Waals surface area contributed by atoms with E-state index in [4.69, 9.17) is 5.73 Å². The number of carbonyl (C=O) groups excluding carboxylic acids is 1. The Labute approximate surface area is 107 Å². The fourth-order valence-electron chi connectivity index (χ4n) is 1.63. The molecule has 0 radical (unpaired) electrons. The summed E-state index contributed by atoms with van der Waals surface area (Å²) in [6.07, 6.45) is 2.00. The number of hydrogen-bond donors (Lipinski definition) is 2. The molecule has 17 heavy (non-hydrogen) atoms. The first-order chi connectivity index (χ1) is 8.06. The van der Waals surface area contributed by atoms with Crippen LogP contribution in [0, 0.1) is 5.92 Å². The molecule has 1 aromatic rings. The van der Waals surface area contributed by atoms with E-state index in [1.54, 1.807) is 11.3 Å². The minimum atomic E-state index is -0.422. The lowest BCUT2D eigenvalue weighted by Crippen LogP contribution is -2.45. The van der Waals surface area contributed by atoms with Gasteiger partial charge in [0, 0.05) is 4.88 Å². The van der Waals surface area contributed by atoms with Crippen molar-refractivity contribution in [2.75, 3.05) is 0 Å². The lowest BCUT2D eigenvalue weighted by molar-refractivity contribution is -0.124. The number of rotatable bonds is 6. The van der Waals surface area contributed by atoms with E-state index in [9.17, 15) is 4.79 Å². The third kappa shape index (κ3) is 4.13. The molecule has 0 spiro atoms. The molecular formula is C13H22N2OS. The number of nitrogens with two attached hydrogens (primary N) is 1. The molecule has 0 saturated carbocycles. The van der Waals surface area contributed by atoms with Crippen molar-refractivity contribution < 1.29 is 4.79 Å². The van der Waals surface area contributed by atoms with Crippen molar-refractivity contribution in [3.63, 3.8) is 0 Å². The van der Waals surface area contributed by atoms with Gasteiger partial charge >= 0.3 is 0 Å². The van der Waals surface area contributed by atoms with Crippen LogP contribution in [0.15, 0.2) is 17.5 Å². The first kappa shape index (κ1) is 14.2. The highest BCUT2D eigenvalue weighted by Gasteiger charge is 2.21. The summed E-state index contributed by atoms with van der Waals surface area (Å²) in [6, 6.07) is 3.76. The van der Waals surface area contributed by atoms with Crippen molar-refractivity contribution in [3.05, 3.63) is 22.4 Å². The largest absolute Gasteiger partial charge is 0.347 e. The van der Waals surface area contributed by atoms with Crippen LogP contribution in [-0.4, -0.2) is 11.9 Å². The zero-order valence-electron chi connectivity index (χ0n) is 10.8. The molecule has 1 heterocycles. The quantitative estimate of drug-likeness (QED) is 0.820. The highest BCUT2D eigenvalue weighted by molar-refractivity contribution is 7.10. The predicted octanol–water partition coefficient (Wildman–Crippen LogP) is 2.69. The van der Waals surface area contributed by atoms with Crippen LogP contribution < -0.4 is 11.1 Å². The Morgan fingerprint density at radius 2 is 2.24 bits per heavy atom. The van der Waals surface area contributed by atoms with E-state index in [-0.39, 0.29) is 17.9 Å². The maximum absolute atomic E-state index is 11.9. The van der Waals surface area contributed by atoms with Gasteiger partial charge in [-0.15, -0.1) is 11.3 Å². The second-order valence-corrected chi connectivity index (χ2v) is 5.61. The van der Waals surface area contributed by atoms with E-state index in [1.807, 2.05) is 25.3 Å². The molecule has 0 aliphatic heterocycles. The van der Waals surface area contributed by atoms with Crippen molar-refractivity contribution in [2.24, 2.45) is 11.7 Å². The molecule has 4 heteroatoms.